The molecule has 0 radical (unpaired) electrons. The van der Waals surface area contributed by atoms with Gasteiger partial charge in [0.25, 0.3) is 0 Å². The lowest BCUT2D eigenvalue weighted by atomic mass is 10.2. The molecule has 1 N–H and O–H groups in total. The standard InChI is InChI=1S/C13H19NO2S/c1-11-5-2-3-7-13(11)17(15,16)14-10-4-6-12-8-9-12/h2-3,5,7,12,14H,4,6,8-10H2,1H3. The van der Waals surface area contributed by atoms with E-state index in [0.717, 1.165) is 24.3 Å². The van der Waals surface area contributed by atoms with Crippen LogP contribution in [-0.2, 0) is 10.0 Å². The second-order valence-electron chi connectivity index (χ2n) is 4.75. The van der Waals surface area contributed by atoms with E-state index in [1.165, 1.54) is 12.8 Å². The van der Waals surface area contributed by atoms with Crippen molar-refractivity contribution >= 4 is 10.0 Å². The minimum atomic E-state index is -3.32. The first kappa shape index (κ1) is 12.6. The Morgan fingerprint density at radius 2 is 2.00 bits per heavy atom. The summed E-state index contributed by atoms with van der Waals surface area (Å²) in [6.07, 6.45) is 4.74. The zero-order chi connectivity index (χ0) is 12.3. The fraction of sp³-hybridized carbons (Fsp3) is 0.538. The summed E-state index contributed by atoms with van der Waals surface area (Å²) in [6, 6.07) is 7.07. The summed E-state index contributed by atoms with van der Waals surface area (Å²) in [6.45, 7) is 2.37. The summed E-state index contributed by atoms with van der Waals surface area (Å²) in [4.78, 5) is 0.395. The monoisotopic (exact) mass is 253 g/mol. The Bertz CT molecular complexity index is 478. The van der Waals surface area contributed by atoms with E-state index < -0.39 is 10.0 Å². The number of aryl methyl sites for hydroxylation is 1. The molecule has 0 aromatic heterocycles. The van der Waals surface area contributed by atoms with Gasteiger partial charge in [-0.05, 0) is 37.3 Å². The quantitative estimate of drug-likeness (QED) is 0.792. The normalized spacial score (nSPS) is 16.1. The van der Waals surface area contributed by atoms with Crippen molar-refractivity contribution in [1.29, 1.82) is 0 Å². The molecule has 0 amide bonds. The lowest BCUT2D eigenvalue weighted by Gasteiger charge is -2.08. The predicted molar refractivity (Wildman–Crippen MR) is 68.3 cm³/mol. The highest BCUT2D eigenvalue weighted by atomic mass is 32.2. The molecule has 0 heterocycles. The van der Waals surface area contributed by atoms with Gasteiger partial charge >= 0.3 is 0 Å². The van der Waals surface area contributed by atoms with Crippen molar-refractivity contribution in [3.8, 4) is 0 Å². The van der Waals surface area contributed by atoms with Crippen molar-refractivity contribution in [2.75, 3.05) is 6.54 Å². The van der Waals surface area contributed by atoms with Crippen LogP contribution in [-0.4, -0.2) is 15.0 Å². The van der Waals surface area contributed by atoms with E-state index in [1.807, 2.05) is 19.1 Å². The maximum atomic E-state index is 12.0. The molecule has 0 atom stereocenters. The molecule has 0 spiro atoms. The molecule has 1 aliphatic rings. The second-order valence-corrected chi connectivity index (χ2v) is 6.48. The molecule has 94 valence electrons. The maximum absolute atomic E-state index is 12.0. The molecular weight excluding hydrogens is 234 g/mol. The highest BCUT2D eigenvalue weighted by Crippen LogP contribution is 2.33. The Balaban J connectivity index is 1.91. The summed E-state index contributed by atoms with van der Waals surface area (Å²) in [5.41, 5.74) is 0.794. The van der Waals surface area contributed by atoms with E-state index in [4.69, 9.17) is 0 Å². The Kier molecular flexibility index (Phi) is 3.84. The molecule has 2 rings (SSSR count). The lowest BCUT2D eigenvalue weighted by Crippen LogP contribution is -2.25. The SMILES string of the molecule is Cc1ccccc1S(=O)(=O)NCCCC1CC1. The first-order valence-corrected chi connectivity index (χ1v) is 7.63. The summed E-state index contributed by atoms with van der Waals surface area (Å²) in [5.74, 6) is 0.859. The number of rotatable bonds is 6. The fourth-order valence-corrected chi connectivity index (χ4v) is 3.26. The minimum Gasteiger partial charge on any atom is -0.211 e. The third-order valence-corrected chi connectivity index (χ3v) is 4.78. The summed E-state index contributed by atoms with van der Waals surface area (Å²) >= 11 is 0. The van der Waals surface area contributed by atoms with E-state index in [9.17, 15) is 8.42 Å². The molecule has 0 bridgehead atoms. The third-order valence-electron chi connectivity index (χ3n) is 3.16. The molecular formula is C13H19NO2S. The van der Waals surface area contributed by atoms with Gasteiger partial charge in [-0.3, -0.25) is 0 Å². The van der Waals surface area contributed by atoms with Crippen LogP contribution < -0.4 is 4.72 Å². The fourth-order valence-electron chi connectivity index (χ4n) is 1.94. The Morgan fingerprint density at radius 1 is 1.29 bits per heavy atom. The smallest absolute Gasteiger partial charge is 0.211 e. The van der Waals surface area contributed by atoms with Gasteiger partial charge < -0.3 is 0 Å². The number of benzene rings is 1. The van der Waals surface area contributed by atoms with Gasteiger partial charge in [-0.25, -0.2) is 13.1 Å². The van der Waals surface area contributed by atoms with Gasteiger partial charge in [-0.2, -0.15) is 0 Å². The van der Waals surface area contributed by atoms with Crippen LogP contribution in [0.15, 0.2) is 29.2 Å². The Hall–Kier alpha value is -0.870. The molecule has 0 aliphatic heterocycles. The van der Waals surface area contributed by atoms with Crippen molar-refractivity contribution in [2.24, 2.45) is 5.92 Å². The van der Waals surface area contributed by atoms with Gasteiger partial charge in [0, 0.05) is 6.54 Å². The lowest BCUT2D eigenvalue weighted by molar-refractivity contribution is 0.572. The van der Waals surface area contributed by atoms with E-state index in [1.54, 1.807) is 12.1 Å². The van der Waals surface area contributed by atoms with Crippen LogP contribution in [0.25, 0.3) is 0 Å². The van der Waals surface area contributed by atoms with Crippen molar-refractivity contribution in [3.05, 3.63) is 29.8 Å². The van der Waals surface area contributed by atoms with Crippen LogP contribution in [0, 0.1) is 12.8 Å². The molecule has 1 saturated carbocycles. The van der Waals surface area contributed by atoms with Crippen molar-refractivity contribution in [2.45, 2.75) is 37.5 Å². The zero-order valence-corrected chi connectivity index (χ0v) is 11.0. The van der Waals surface area contributed by atoms with Gasteiger partial charge in [0.1, 0.15) is 0 Å². The molecule has 17 heavy (non-hydrogen) atoms. The maximum Gasteiger partial charge on any atom is 0.240 e. The Labute approximate surface area is 103 Å². The van der Waals surface area contributed by atoms with Crippen LogP contribution in [0.4, 0.5) is 0 Å². The first-order valence-electron chi connectivity index (χ1n) is 6.15. The predicted octanol–water partition coefficient (Wildman–Crippen LogP) is 2.46. The summed E-state index contributed by atoms with van der Waals surface area (Å²) in [7, 11) is -3.32. The van der Waals surface area contributed by atoms with Crippen LogP contribution in [0.3, 0.4) is 0 Å². The topological polar surface area (TPSA) is 46.2 Å². The van der Waals surface area contributed by atoms with E-state index in [2.05, 4.69) is 4.72 Å². The van der Waals surface area contributed by atoms with Gasteiger partial charge in [-0.15, -0.1) is 0 Å². The van der Waals surface area contributed by atoms with Gasteiger partial charge in [0.15, 0.2) is 0 Å². The largest absolute Gasteiger partial charge is 0.240 e. The molecule has 1 aliphatic carbocycles. The van der Waals surface area contributed by atoms with Crippen molar-refractivity contribution in [1.82, 2.24) is 4.72 Å². The molecule has 3 nitrogen and oxygen atoms in total. The van der Waals surface area contributed by atoms with Crippen LogP contribution in [0.2, 0.25) is 0 Å². The zero-order valence-electron chi connectivity index (χ0n) is 10.1. The average molecular weight is 253 g/mol. The summed E-state index contributed by atoms with van der Waals surface area (Å²) in [5, 5.41) is 0. The van der Waals surface area contributed by atoms with Crippen molar-refractivity contribution in [3.63, 3.8) is 0 Å². The van der Waals surface area contributed by atoms with Gasteiger partial charge in [0.2, 0.25) is 10.0 Å². The third kappa shape index (κ3) is 3.54. The summed E-state index contributed by atoms with van der Waals surface area (Å²) < 4.78 is 26.7. The highest BCUT2D eigenvalue weighted by molar-refractivity contribution is 7.89. The molecule has 4 heteroatoms. The van der Waals surface area contributed by atoms with Crippen LogP contribution >= 0.6 is 0 Å². The number of sulfonamides is 1. The van der Waals surface area contributed by atoms with E-state index in [-0.39, 0.29) is 0 Å². The minimum absolute atomic E-state index is 0.395. The Morgan fingerprint density at radius 3 is 2.65 bits per heavy atom. The van der Waals surface area contributed by atoms with E-state index >= 15 is 0 Å². The molecule has 1 aromatic carbocycles. The van der Waals surface area contributed by atoms with Gasteiger partial charge in [0.05, 0.1) is 4.90 Å². The van der Waals surface area contributed by atoms with Crippen LogP contribution in [0.1, 0.15) is 31.2 Å². The molecule has 0 unspecified atom stereocenters. The average Bonchev–Trinajstić information content (AvgIpc) is 3.09. The van der Waals surface area contributed by atoms with E-state index in [0.29, 0.717) is 11.4 Å². The molecule has 1 fully saturated rings. The number of hydrogen-bond donors (Lipinski definition) is 1. The van der Waals surface area contributed by atoms with Crippen LogP contribution in [0.5, 0.6) is 0 Å². The highest BCUT2D eigenvalue weighted by Gasteiger charge is 2.21. The first-order chi connectivity index (χ1) is 8.09. The van der Waals surface area contributed by atoms with Gasteiger partial charge in [-0.1, -0.05) is 31.0 Å². The van der Waals surface area contributed by atoms with Crippen molar-refractivity contribution < 1.29 is 8.42 Å². The number of hydrogen-bond acceptors (Lipinski definition) is 2. The molecule has 1 aromatic rings. The number of nitrogens with one attached hydrogen (secondary N) is 1. The molecule has 0 saturated heterocycles. The second kappa shape index (κ2) is 5.19.